The molecule has 1 saturated heterocycles. The van der Waals surface area contributed by atoms with E-state index in [9.17, 15) is 4.79 Å². The lowest BCUT2D eigenvalue weighted by atomic mass is 10.1. The molecule has 1 fully saturated rings. The fourth-order valence-corrected chi connectivity index (χ4v) is 2.40. The molecular weight excluding hydrogens is 314 g/mol. The number of anilines is 1. The van der Waals surface area contributed by atoms with E-state index in [4.69, 9.17) is 15.1 Å². The number of carboxylic acid groups (broad SMARTS) is 1. The molecule has 2 rings (SSSR count). The predicted molar refractivity (Wildman–Crippen MR) is 70.9 cm³/mol. The number of pyridine rings is 1. The van der Waals surface area contributed by atoms with Crippen LogP contribution in [0.1, 0.15) is 12.1 Å². The van der Waals surface area contributed by atoms with Gasteiger partial charge in [0.25, 0.3) is 0 Å². The molecule has 1 N–H and O–H groups in total. The van der Waals surface area contributed by atoms with Gasteiger partial charge in [0.05, 0.1) is 31.4 Å². The van der Waals surface area contributed by atoms with E-state index in [1.54, 1.807) is 12.3 Å². The second-order valence-corrected chi connectivity index (χ2v) is 5.07. The van der Waals surface area contributed by atoms with Crippen molar-refractivity contribution in [3.63, 3.8) is 0 Å². The number of morpholine rings is 1. The van der Waals surface area contributed by atoms with Crippen LogP contribution in [0.2, 0.25) is 0 Å². The summed E-state index contributed by atoms with van der Waals surface area (Å²) in [5, 5.41) is 18.0. The van der Waals surface area contributed by atoms with Crippen LogP contribution in [0.3, 0.4) is 0 Å². The zero-order valence-corrected chi connectivity index (χ0v) is 11.6. The van der Waals surface area contributed by atoms with Crippen molar-refractivity contribution in [3.05, 3.63) is 22.4 Å². The summed E-state index contributed by atoms with van der Waals surface area (Å²) in [5.74, 6) is -0.887. The largest absolute Gasteiger partial charge is 0.481 e. The van der Waals surface area contributed by atoms with Gasteiger partial charge in [-0.05, 0) is 22.0 Å². The normalized spacial score (nSPS) is 18.9. The van der Waals surface area contributed by atoms with Gasteiger partial charge < -0.3 is 14.7 Å². The SMILES string of the molecule is N#Cc1ncc(Br)cc1N1CCOCC1CC(=O)O. The van der Waals surface area contributed by atoms with Crippen LogP contribution in [0.4, 0.5) is 5.69 Å². The molecule has 1 aromatic rings. The quantitative estimate of drug-likeness (QED) is 0.903. The molecule has 6 nitrogen and oxygen atoms in total. The first-order chi connectivity index (χ1) is 9.11. The van der Waals surface area contributed by atoms with Crippen molar-refractivity contribution in [2.75, 3.05) is 24.7 Å². The Kier molecular flexibility index (Phi) is 4.35. The van der Waals surface area contributed by atoms with Crippen molar-refractivity contribution in [3.8, 4) is 6.07 Å². The number of nitrogens with zero attached hydrogens (tertiary/aromatic N) is 3. The van der Waals surface area contributed by atoms with Gasteiger partial charge >= 0.3 is 5.97 Å². The van der Waals surface area contributed by atoms with Crippen molar-refractivity contribution >= 4 is 27.6 Å². The first-order valence-corrected chi connectivity index (χ1v) is 6.53. The third-order valence-corrected chi connectivity index (χ3v) is 3.32. The lowest BCUT2D eigenvalue weighted by Crippen LogP contribution is -2.47. The Labute approximate surface area is 118 Å². The van der Waals surface area contributed by atoms with Crippen LogP contribution in [0.5, 0.6) is 0 Å². The van der Waals surface area contributed by atoms with Gasteiger partial charge in [-0.15, -0.1) is 0 Å². The smallest absolute Gasteiger partial charge is 0.305 e. The fourth-order valence-electron chi connectivity index (χ4n) is 2.08. The number of nitriles is 1. The molecule has 1 aliphatic rings. The highest BCUT2D eigenvalue weighted by Gasteiger charge is 2.27. The summed E-state index contributed by atoms with van der Waals surface area (Å²) < 4.78 is 6.07. The van der Waals surface area contributed by atoms with Gasteiger partial charge in [0.15, 0.2) is 5.69 Å². The summed E-state index contributed by atoms with van der Waals surface area (Å²) in [4.78, 5) is 16.8. The van der Waals surface area contributed by atoms with E-state index in [-0.39, 0.29) is 12.5 Å². The summed E-state index contributed by atoms with van der Waals surface area (Å²) in [7, 11) is 0. The molecule has 19 heavy (non-hydrogen) atoms. The fraction of sp³-hybridized carbons (Fsp3) is 0.417. The third-order valence-electron chi connectivity index (χ3n) is 2.89. The number of carbonyl (C=O) groups is 1. The Hall–Kier alpha value is -1.65. The molecule has 1 aliphatic heterocycles. The van der Waals surface area contributed by atoms with Gasteiger partial charge in [0, 0.05) is 17.2 Å². The van der Waals surface area contributed by atoms with Gasteiger partial charge in [-0.1, -0.05) is 0 Å². The summed E-state index contributed by atoms with van der Waals surface area (Å²) in [6.07, 6.45) is 1.52. The summed E-state index contributed by atoms with van der Waals surface area (Å²) in [5.41, 5.74) is 0.937. The molecule has 1 atom stereocenters. The molecule has 1 unspecified atom stereocenters. The molecule has 100 valence electrons. The maximum atomic E-state index is 10.9. The Morgan fingerprint density at radius 2 is 2.53 bits per heavy atom. The van der Waals surface area contributed by atoms with Gasteiger partial charge in [0.2, 0.25) is 0 Å². The minimum atomic E-state index is -0.887. The van der Waals surface area contributed by atoms with Crippen molar-refractivity contribution in [1.29, 1.82) is 5.26 Å². The molecule has 0 radical (unpaired) electrons. The molecule has 0 saturated carbocycles. The summed E-state index contributed by atoms with van der Waals surface area (Å²) in [6.45, 7) is 1.39. The summed E-state index contributed by atoms with van der Waals surface area (Å²) in [6, 6.07) is 3.53. The van der Waals surface area contributed by atoms with Gasteiger partial charge in [-0.25, -0.2) is 4.98 Å². The first-order valence-electron chi connectivity index (χ1n) is 5.73. The number of aliphatic carboxylic acids is 1. The van der Waals surface area contributed by atoms with E-state index in [0.29, 0.717) is 31.1 Å². The summed E-state index contributed by atoms with van der Waals surface area (Å²) >= 11 is 3.32. The molecule has 0 aliphatic carbocycles. The highest BCUT2D eigenvalue weighted by molar-refractivity contribution is 9.10. The van der Waals surface area contributed by atoms with Crippen LogP contribution in [0.15, 0.2) is 16.7 Å². The molecule has 0 amide bonds. The van der Waals surface area contributed by atoms with Gasteiger partial charge in [-0.3, -0.25) is 4.79 Å². The first kappa shape index (κ1) is 13.8. The molecule has 7 heteroatoms. The van der Waals surface area contributed by atoms with E-state index in [1.807, 2.05) is 11.0 Å². The Balaban J connectivity index is 2.34. The lowest BCUT2D eigenvalue weighted by Gasteiger charge is -2.36. The minimum absolute atomic E-state index is 0.0304. The van der Waals surface area contributed by atoms with Gasteiger partial charge in [-0.2, -0.15) is 5.26 Å². The predicted octanol–water partition coefficient (Wildman–Crippen LogP) is 1.40. The van der Waals surface area contributed by atoms with E-state index < -0.39 is 5.97 Å². The second-order valence-electron chi connectivity index (χ2n) is 4.15. The van der Waals surface area contributed by atoms with E-state index in [2.05, 4.69) is 20.9 Å². The van der Waals surface area contributed by atoms with Crippen LogP contribution in [-0.2, 0) is 9.53 Å². The van der Waals surface area contributed by atoms with Crippen LogP contribution in [0.25, 0.3) is 0 Å². The highest BCUT2D eigenvalue weighted by atomic mass is 79.9. The second kappa shape index (κ2) is 5.99. The molecule has 0 aromatic carbocycles. The van der Waals surface area contributed by atoms with Crippen LogP contribution in [0, 0.1) is 11.3 Å². The van der Waals surface area contributed by atoms with Crippen molar-refractivity contribution in [2.45, 2.75) is 12.5 Å². The van der Waals surface area contributed by atoms with Crippen LogP contribution in [-0.4, -0.2) is 41.9 Å². The standard InChI is InChI=1S/C12H12BrN3O3/c13-8-3-11(10(5-14)15-6-8)16-1-2-19-7-9(16)4-12(17)18/h3,6,9H,1-2,4,7H2,(H,17,18). The van der Waals surface area contributed by atoms with Crippen molar-refractivity contribution in [2.24, 2.45) is 0 Å². The zero-order valence-electron chi connectivity index (χ0n) is 10.0. The molecule has 2 heterocycles. The van der Waals surface area contributed by atoms with E-state index >= 15 is 0 Å². The van der Waals surface area contributed by atoms with E-state index in [1.165, 1.54) is 0 Å². The lowest BCUT2D eigenvalue weighted by molar-refractivity contribution is -0.138. The maximum Gasteiger partial charge on any atom is 0.305 e. The number of aromatic nitrogens is 1. The number of rotatable bonds is 3. The molecular formula is C12H12BrN3O3. The monoisotopic (exact) mass is 325 g/mol. The molecule has 0 bridgehead atoms. The Bertz CT molecular complexity index is 529. The minimum Gasteiger partial charge on any atom is -0.481 e. The zero-order chi connectivity index (χ0) is 13.8. The Morgan fingerprint density at radius 1 is 1.74 bits per heavy atom. The van der Waals surface area contributed by atoms with Crippen molar-refractivity contribution < 1.29 is 14.6 Å². The third kappa shape index (κ3) is 3.22. The van der Waals surface area contributed by atoms with Gasteiger partial charge in [0.1, 0.15) is 6.07 Å². The maximum absolute atomic E-state index is 10.9. The average Bonchev–Trinajstić information content (AvgIpc) is 2.38. The molecule has 0 spiro atoms. The number of ether oxygens (including phenoxy) is 1. The average molecular weight is 326 g/mol. The number of hydrogen-bond donors (Lipinski definition) is 1. The topological polar surface area (TPSA) is 86.5 Å². The van der Waals surface area contributed by atoms with Crippen molar-refractivity contribution in [1.82, 2.24) is 4.98 Å². The Morgan fingerprint density at radius 3 is 3.21 bits per heavy atom. The van der Waals surface area contributed by atoms with E-state index in [0.717, 1.165) is 4.47 Å². The number of halogens is 1. The highest BCUT2D eigenvalue weighted by Crippen LogP contribution is 2.27. The van der Waals surface area contributed by atoms with Crippen LogP contribution < -0.4 is 4.90 Å². The van der Waals surface area contributed by atoms with Crippen LogP contribution >= 0.6 is 15.9 Å². The number of hydrogen-bond acceptors (Lipinski definition) is 5. The molecule has 1 aromatic heterocycles. The number of carboxylic acids is 1.